The van der Waals surface area contributed by atoms with E-state index in [0.29, 0.717) is 12.1 Å². The first-order valence-electron chi connectivity index (χ1n) is 10.2. The molecule has 160 valence electrons. The first kappa shape index (κ1) is 20.5. The SMILES string of the molecule is CC(C)(C)C1[C@H]2CCCN2C[C@@H](c2nc(C(=O)c3ccc(F)cc3)co2)N1C(=O)O. The summed E-state index contributed by atoms with van der Waals surface area (Å²) in [5.41, 5.74) is 0.101. The highest BCUT2D eigenvalue weighted by Crippen LogP contribution is 2.43. The van der Waals surface area contributed by atoms with Gasteiger partial charge >= 0.3 is 6.09 Å². The number of benzene rings is 1. The van der Waals surface area contributed by atoms with E-state index in [0.717, 1.165) is 19.4 Å². The van der Waals surface area contributed by atoms with E-state index in [9.17, 15) is 19.1 Å². The molecular weight excluding hydrogens is 389 g/mol. The molecule has 2 aliphatic heterocycles. The maximum atomic E-state index is 13.1. The van der Waals surface area contributed by atoms with E-state index in [1.54, 1.807) is 0 Å². The summed E-state index contributed by atoms with van der Waals surface area (Å²) in [7, 11) is 0. The van der Waals surface area contributed by atoms with Crippen LogP contribution in [-0.4, -0.2) is 56.9 Å². The van der Waals surface area contributed by atoms with Gasteiger partial charge in [-0.3, -0.25) is 14.6 Å². The molecule has 0 aliphatic carbocycles. The second-order valence-corrected chi connectivity index (χ2v) is 9.13. The number of carbonyl (C=O) groups excluding carboxylic acids is 1. The molecule has 0 spiro atoms. The highest BCUT2D eigenvalue weighted by atomic mass is 19.1. The lowest BCUT2D eigenvalue weighted by molar-refractivity contribution is -0.0448. The molecule has 0 saturated carbocycles. The second-order valence-electron chi connectivity index (χ2n) is 9.13. The van der Waals surface area contributed by atoms with Gasteiger partial charge in [0.25, 0.3) is 0 Å². The van der Waals surface area contributed by atoms with Gasteiger partial charge in [0.1, 0.15) is 23.8 Å². The Morgan fingerprint density at radius 2 is 1.93 bits per heavy atom. The van der Waals surface area contributed by atoms with Crippen LogP contribution >= 0.6 is 0 Å². The first-order valence-corrected chi connectivity index (χ1v) is 10.2. The number of amides is 1. The van der Waals surface area contributed by atoms with Gasteiger partial charge in [-0.2, -0.15) is 0 Å². The molecule has 1 aromatic carbocycles. The molecule has 0 bridgehead atoms. The Hall–Kier alpha value is -2.74. The summed E-state index contributed by atoms with van der Waals surface area (Å²) < 4.78 is 18.8. The number of piperazine rings is 1. The van der Waals surface area contributed by atoms with Crippen molar-refractivity contribution in [2.24, 2.45) is 5.41 Å². The summed E-state index contributed by atoms with van der Waals surface area (Å²) in [5.74, 6) is -0.614. The van der Waals surface area contributed by atoms with Crippen molar-refractivity contribution in [3.63, 3.8) is 0 Å². The average Bonchev–Trinajstić information content (AvgIpc) is 3.34. The third kappa shape index (κ3) is 3.60. The Bertz CT molecular complexity index is 950. The molecule has 0 radical (unpaired) electrons. The van der Waals surface area contributed by atoms with Gasteiger partial charge in [0.2, 0.25) is 11.7 Å². The third-order valence-corrected chi connectivity index (χ3v) is 6.08. The van der Waals surface area contributed by atoms with Crippen molar-refractivity contribution in [1.29, 1.82) is 0 Å². The molecule has 8 heteroatoms. The third-order valence-electron chi connectivity index (χ3n) is 6.08. The number of hydrogen-bond acceptors (Lipinski definition) is 5. The number of oxazole rings is 1. The molecule has 2 aliphatic rings. The fourth-order valence-corrected chi connectivity index (χ4v) is 4.86. The summed E-state index contributed by atoms with van der Waals surface area (Å²) in [6.45, 7) is 7.53. The molecule has 3 heterocycles. The molecule has 2 fully saturated rings. The zero-order chi connectivity index (χ0) is 21.6. The number of ketones is 1. The molecular formula is C22H26FN3O4. The zero-order valence-corrected chi connectivity index (χ0v) is 17.3. The predicted molar refractivity (Wildman–Crippen MR) is 107 cm³/mol. The van der Waals surface area contributed by atoms with Crippen molar-refractivity contribution in [2.75, 3.05) is 13.1 Å². The smallest absolute Gasteiger partial charge is 0.408 e. The normalized spacial score (nSPS) is 24.7. The summed E-state index contributed by atoms with van der Waals surface area (Å²) in [4.78, 5) is 33.1. The fraction of sp³-hybridized carbons (Fsp3) is 0.500. The number of rotatable bonds is 3. The Kier molecular flexibility index (Phi) is 5.13. The molecule has 2 aromatic rings. The number of aromatic nitrogens is 1. The molecule has 1 amide bonds. The molecule has 7 nitrogen and oxygen atoms in total. The minimum atomic E-state index is -1.02. The number of carbonyl (C=O) groups is 2. The van der Waals surface area contributed by atoms with Gasteiger partial charge in [0.05, 0.1) is 6.04 Å². The summed E-state index contributed by atoms with van der Waals surface area (Å²) in [6, 6.07) is 4.54. The van der Waals surface area contributed by atoms with Gasteiger partial charge in [0, 0.05) is 18.2 Å². The molecule has 2 saturated heterocycles. The van der Waals surface area contributed by atoms with E-state index in [1.807, 2.05) is 20.8 Å². The summed E-state index contributed by atoms with van der Waals surface area (Å²) in [6.07, 6.45) is 2.22. The minimum absolute atomic E-state index is 0.0813. The van der Waals surface area contributed by atoms with Crippen molar-refractivity contribution in [3.05, 3.63) is 53.5 Å². The number of carboxylic acid groups (broad SMARTS) is 1. The number of fused-ring (bicyclic) bond motifs is 1. The summed E-state index contributed by atoms with van der Waals surface area (Å²) in [5, 5.41) is 10.1. The van der Waals surface area contributed by atoms with Gasteiger partial charge in [-0.25, -0.2) is 14.2 Å². The maximum Gasteiger partial charge on any atom is 0.408 e. The Morgan fingerprint density at radius 1 is 1.23 bits per heavy atom. The maximum absolute atomic E-state index is 13.1. The minimum Gasteiger partial charge on any atom is -0.465 e. The molecule has 1 N–H and O–H groups in total. The van der Waals surface area contributed by atoms with Crippen LogP contribution in [0.25, 0.3) is 0 Å². The van der Waals surface area contributed by atoms with Gasteiger partial charge in [-0.15, -0.1) is 0 Å². The molecule has 3 atom stereocenters. The van der Waals surface area contributed by atoms with Crippen molar-refractivity contribution >= 4 is 11.9 Å². The number of hydrogen-bond donors (Lipinski definition) is 1. The molecule has 30 heavy (non-hydrogen) atoms. The van der Waals surface area contributed by atoms with Crippen molar-refractivity contribution in [2.45, 2.75) is 51.7 Å². The quantitative estimate of drug-likeness (QED) is 0.764. The lowest BCUT2D eigenvalue weighted by Gasteiger charge is -2.52. The van der Waals surface area contributed by atoms with Crippen LogP contribution in [0, 0.1) is 11.2 Å². The van der Waals surface area contributed by atoms with Gasteiger partial charge in [0.15, 0.2) is 0 Å². The lowest BCUT2D eigenvalue weighted by Crippen LogP contribution is -2.64. The van der Waals surface area contributed by atoms with Crippen LogP contribution in [0.1, 0.15) is 61.6 Å². The van der Waals surface area contributed by atoms with Crippen molar-refractivity contribution in [1.82, 2.24) is 14.8 Å². The van der Waals surface area contributed by atoms with Crippen LogP contribution in [0.3, 0.4) is 0 Å². The zero-order valence-electron chi connectivity index (χ0n) is 17.3. The van der Waals surface area contributed by atoms with Crippen LogP contribution in [0.15, 0.2) is 34.9 Å². The number of nitrogens with zero attached hydrogens (tertiary/aromatic N) is 3. The van der Waals surface area contributed by atoms with Gasteiger partial charge in [-0.05, 0) is 49.1 Å². The highest BCUT2D eigenvalue weighted by Gasteiger charge is 2.51. The van der Waals surface area contributed by atoms with E-state index in [1.165, 1.54) is 35.4 Å². The van der Waals surface area contributed by atoms with Crippen LogP contribution < -0.4 is 0 Å². The lowest BCUT2D eigenvalue weighted by atomic mass is 9.78. The first-order chi connectivity index (χ1) is 14.2. The second kappa shape index (κ2) is 7.50. The van der Waals surface area contributed by atoms with Crippen LogP contribution in [-0.2, 0) is 0 Å². The molecule has 1 unspecified atom stereocenters. The average molecular weight is 415 g/mol. The monoisotopic (exact) mass is 415 g/mol. The standard InChI is InChI=1S/C22H26FN3O4/c1-22(2,3)19-16-5-4-10-25(16)11-17(26(19)21(28)29)20-24-15(12-30-20)18(27)13-6-8-14(23)9-7-13/h6-9,12,16-17,19H,4-5,10-11H2,1-3H3,(H,28,29)/t16-,17+,19?/m1/s1. The Morgan fingerprint density at radius 3 is 2.57 bits per heavy atom. The highest BCUT2D eigenvalue weighted by molar-refractivity contribution is 6.07. The van der Waals surface area contributed by atoms with Crippen LogP contribution in [0.2, 0.25) is 0 Å². The molecule has 1 aromatic heterocycles. The van der Waals surface area contributed by atoms with E-state index >= 15 is 0 Å². The fourth-order valence-electron chi connectivity index (χ4n) is 4.86. The van der Waals surface area contributed by atoms with Gasteiger partial charge in [-0.1, -0.05) is 20.8 Å². The predicted octanol–water partition coefficient (Wildman–Crippen LogP) is 3.96. The van der Waals surface area contributed by atoms with Gasteiger partial charge < -0.3 is 9.52 Å². The Labute approximate surface area is 174 Å². The van der Waals surface area contributed by atoms with Crippen LogP contribution in [0.4, 0.5) is 9.18 Å². The van der Waals surface area contributed by atoms with Crippen molar-refractivity contribution in [3.8, 4) is 0 Å². The largest absolute Gasteiger partial charge is 0.465 e. The molecule has 4 rings (SSSR count). The topological polar surface area (TPSA) is 86.9 Å². The van der Waals surface area contributed by atoms with E-state index in [4.69, 9.17) is 4.42 Å². The Balaban J connectivity index is 1.67. The van der Waals surface area contributed by atoms with E-state index in [-0.39, 0.29) is 29.1 Å². The number of halogens is 1. The summed E-state index contributed by atoms with van der Waals surface area (Å²) >= 11 is 0. The van der Waals surface area contributed by atoms with E-state index < -0.39 is 23.7 Å². The van der Waals surface area contributed by atoms with Crippen molar-refractivity contribution < 1.29 is 23.5 Å². The van der Waals surface area contributed by atoms with Crippen LogP contribution in [0.5, 0.6) is 0 Å². The van der Waals surface area contributed by atoms with E-state index in [2.05, 4.69) is 9.88 Å².